The monoisotopic (exact) mass is 308 g/mol. The Labute approximate surface area is 125 Å². The van der Waals surface area contributed by atoms with Gasteiger partial charge in [0.2, 0.25) is 10.0 Å². The van der Waals surface area contributed by atoms with Gasteiger partial charge in [-0.1, -0.05) is 19.9 Å². The van der Waals surface area contributed by atoms with Gasteiger partial charge in [-0.2, -0.15) is 0 Å². The summed E-state index contributed by atoms with van der Waals surface area (Å²) < 4.78 is 27.7. The molecule has 1 heterocycles. The maximum absolute atomic E-state index is 12.5. The Balaban J connectivity index is 2.38. The van der Waals surface area contributed by atoms with Gasteiger partial charge in [0, 0.05) is 17.6 Å². The minimum Gasteiger partial charge on any atom is -0.395 e. The van der Waals surface area contributed by atoms with Gasteiger partial charge in [-0.15, -0.1) is 0 Å². The lowest BCUT2D eigenvalue weighted by atomic mass is 10.1. The van der Waals surface area contributed by atoms with E-state index in [1.807, 2.05) is 13.8 Å². The molecule has 0 aliphatic heterocycles. The van der Waals surface area contributed by atoms with Crippen molar-refractivity contribution in [2.75, 3.05) is 6.61 Å². The lowest BCUT2D eigenvalue weighted by molar-refractivity contribution is 0.240. The number of nitrogens with zero attached hydrogens (tertiary/aromatic N) is 1. The Morgan fingerprint density at radius 3 is 2.67 bits per heavy atom. The van der Waals surface area contributed by atoms with Crippen molar-refractivity contribution in [2.45, 2.75) is 31.2 Å². The molecule has 21 heavy (non-hydrogen) atoms. The van der Waals surface area contributed by atoms with Gasteiger partial charge in [-0.25, -0.2) is 13.1 Å². The van der Waals surface area contributed by atoms with Crippen LogP contribution >= 0.6 is 0 Å². The lowest BCUT2D eigenvalue weighted by Gasteiger charge is -2.18. The largest absolute Gasteiger partial charge is 0.395 e. The van der Waals surface area contributed by atoms with Crippen molar-refractivity contribution < 1.29 is 13.5 Å². The maximum Gasteiger partial charge on any atom is 0.241 e. The summed E-state index contributed by atoms with van der Waals surface area (Å²) in [5.74, 6) is 0.291. The van der Waals surface area contributed by atoms with E-state index in [9.17, 15) is 13.5 Å². The van der Waals surface area contributed by atoms with Crippen molar-refractivity contribution in [3.8, 4) is 0 Å². The SMILES string of the molecule is CC(C)CC(CO)NS(=O)(=O)c1cccc2ncccc12. The summed E-state index contributed by atoms with van der Waals surface area (Å²) in [7, 11) is -3.69. The highest BCUT2D eigenvalue weighted by atomic mass is 32.2. The number of aromatic nitrogens is 1. The molecule has 0 bridgehead atoms. The Bertz CT molecular complexity index is 708. The average molecular weight is 308 g/mol. The van der Waals surface area contributed by atoms with Gasteiger partial charge in [0.15, 0.2) is 0 Å². The molecule has 0 aliphatic carbocycles. The predicted molar refractivity (Wildman–Crippen MR) is 82.4 cm³/mol. The fraction of sp³-hybridized carbons (Fsp3) is 0.400. The van der Waals surface area contributed by atoms with E-state index in [0.717, 1.165) is 0 Å². The second-order valence-electron chi connectivity index (χ2n) is 5.46. The third kappa shape index (κ3) is 3.78. The molecular weight excluding hydrogens is 288 g/mol. The number of benzene rings is 1. The topological polar surface area (TPSA) is 79.3 Å². The van der Waals surface area contributed by atoms with Gasteiger partial charge in [0.1, 0.15) is 0 Å². The number of aliphatic hydroxyl groups is 1. The zero-order valence-electron chi connectivity index (χ0n) is 12.2. The van der Waals surface area contributed by atoms with Gasteiger partial charge >= 0.3 is 0 Å². The van der Waals surface area contributed by atoms with E-state index in [1.54, 1.807) is 36.5 Å². The van der Waals surface area contributed by atoms with Crippen LogP contribution in [0.1, 0.15) is 20.3 Å². The van der Waals surface area contributed by atoms with Crippen LogP contribution < -0.4 is 4.72 Å². The van der Waals surface area contributed by atoms with Gasteiger partial charge < -0.3 is 5.11 Å². The number of hydrogen-bond donors (Lipinski definition) is 2. The summed E-state index contributed by atoms with van der Waals surface area (Å²) in [5.41, 5.74) is 0.629. The molecule has 2 N–H and O–H groups in total. The van der Waals surface area contributed by atoms with E-state index in [1.165, 1.54) is 0 Å². The molecule has 5 nitrogen and oxygen atoms in total. The van der Waals surface area contributed by atoms with Gasteiger partial charge in [-0.3, -0.25) is 4.98 Å². The quantitative estimate of drug-likeness (QED) is 0.854. The molecule has 114 valence electrons. The average Bonchev–Trinajstić information content (AvgIpc) is 2.45. The molecule has 0 aliphatic rings. The molecule has 1 aromatic carbocycles. The normalized spacial score (nSPS) is 13.7. The molecule has 1 aromatic heterocycles. The molecule has 0 radical (unpaired) electrons. The Morgan fingerprint density at radius 2 is 2.00 bits per heavy atom. The standard InChI is InChI=1S/C15H20N2O3S/c1-11(2)9-12(10-18)17-21(19,20)15-7-3-6-14-13(15)5-4-8-16-14/h3-8,11-12,17-18H,9-10H2,1-2H3. The Hall–Kier alpha value is -1.50. The molecule has 0 fully saturated rings. The number of fused-ring (bicyclic) bond motifs is 1. The van der Waals surface area contributed by atoms with Crippen LogP contribution in [0.4, 0.5) is 0 Å². The first-order valence-electron chi connectivity index (χ1n) is 6.91. The Morgan fingerprint density at radius 1 is 1.24 bits per heavy atom. The molecule has 1 unspecified atom stereocenters. The molecule has 0 saturated heterocycles. The van der Waals surface area contributed by atoms with E-state index < -0.39 is 16.1 Å². The van der Waals surface area contributed by atoms with Crippen LogP contribution in [0.3, 0.4) is 0 Å². The highest BCUT2D eigenvalue weighted by Crippen LogP contribution is 2.21. The zero-order chi connectivity index (χ0) is 15.5. The van der Waals surface area contributed by atoms with Gasteiger partial charge in [-0.05, 0) is 36.6 Å². The number of nitrogens with one attached hydrogen (secondary N) is 1. The smallest absolute Gasteiger partial charge is 0.241 e. The van der Waals surface area contributed by atoms with E-state index in [4.69, 9.17) is 0 Å². The maximum atomic E-state index is 12.5. The van der Waals surface area contributed by atoms with Crippen molar-refractivity contribution in [3.63, 3.8) is 0 Å². The van der Waals surface area contributed by atoms with Crippen LogP contribution in [0.5, 0.6) is 0 Å². The van der Waals surface area contributed by atoms with E-state index in [2.05, 4.69) is 9.71 Å². The molecule has 1 atom stereocenters. The number of aliphatic hydroxyl groups excluding tert-OH is 1. The highest BCUT2D eigenvalue weighted by molar-refractivity contribution is 7.89. The van der Waals surface area contributed by atoms with Crippen molar-refractivity contribution >= 4 is 20.9 Å². The van der Waals surface area contributed by atoms with Crippen molar-refractivity contribution in [1.82, 2.24) is 9.71 Å². The zero-order valence-corrected chi connectivity index (χ0v) is 13.0. The van der Waals surface area contributed by atoms with Gasteiger partial charge in [0.05, 0.1) is 17.0 Å². The summed E-state index contributed by atoms with van der Waals surface area (Å²) in [6.45, 7) is 3.75. The second-order valence-corrected chi connectivity index (χ2v) is 7.14. The molecule has 0 saturated carbocycles. The minimum absolute atomic E-state index is 0.190. The fourth-order valence-corrected chi connectivity index (χ4v) is 3.78. The fourth-order valence-electron chi connectivity index (χ4n) is 2.32. The van der Waals surface area contributed by atoms with E-state index in [-0.39, 0.29) is 11.5 Å². The summed E-state index contributed by atoms with van der Waals surface area (Å²) in [4.78, 5) is 4.35. The van der Waals surface area contributed by atoms with Crippen LogP contribution in [-0.2, 0) is 10.0 Å². The molecule has 2 aromatic rings. The Kier molecular flexibility index (Phi) is 4.92. The van der Waals surface area contributed by atoms with Crippen LogP contribution in [0.15, 0.2) is 41.4 Å². The third-order valence-corrected chi connectivity index (χ3v) is 4.77. The number of sulfonamides is 1. The summed E-state index contributed by atoms with van der Waals surface area (Å²) >= 11 is 0. The molecule has 0 amide bonds. The van der Waals surface area contributed by atoms with E-state index >= 15 is 0 Å². The molecule has 2 rings (SSSR count). The third-order valence-electron chi connectivity index (χ3n) is 3.19. The van der Waals surface area contributed by atoms with Crippen molar-refractivity contribution in [3.05, 3.63) is 36.5 Å². The highest BCUT2D eigenvalue weighted by Gasteiger charge is 2.22. The molecule has 6 heteroatoms. The first-order chi connectivity index (χ1) is 9.94. The number of pyridine rings is 1. The second kappa shape index (κ2) is 6.51. The first-order valence-corrected chi connectivity index (χ1v) is 8.39. The number of hydrogen-bond acceptors (Lipinski definition) is 4. The van der Waals surface area contributed by atoms with Crippen LogP contribution in [0, 0.1) is 5.92 Å². The van der Waals surface area contributed by atoms with Crippen molar-refractivity contribution in [1.29, 1.82) is 0 Å². The van der Waals surface area contributed by atoms with Gasteiger partial charge in [0.25, 0.3) is 0 Å². The molecular formula is C15H20N2O3S. The first kappa shape index (κ1) is 15.9. The summed E-state index contributed by atoms with van der Waals surface area (Å²) in [6, 6.07) is 7.94. The summed E-state index contributed by atoms with van der Waals surface area (Å²) in [6.07, 6.45) is 2.21. The molecule has 0 spiro atoms. The summed E-state index contributed by atoms with van der Waals surface area (Å²) in [5, 5.41) is 9.94. The van der Waals surface area contributed by atoms with E-state index in [0.29, 0.717) is 23.2 Å². The minimum atomic E-state index is -3.69. The number of rotatable bonds is 6. The lowest BCUT2D eigenvalue weighted by Crippen LogP contribution is -2.38. The van der Waals surface area contributed by atoms with Crippen LogP contribution in [-0.4, -0.2) is 31.2 Å². The van der Waals surface area contributed by atoms with Crippen LogP contribution in [0.25, 0.3) is 10.9 Å². The predicted octanol–water partition coefficient (Wildman–Crippen LogP) is 1.92. The van der Waals surface area contributed by atoms with Crippen molar-refractivity contribution in [2.24, 2.45) is 5.92 Å². The van der Waals surface area contributed by atoms with Crippen LogP contribution in [0.2, 0.25) is 0 Å².